The van der Waals surface area contributed by atoms with E-state index in [1.165, 1.54) is 6.07 Å². The lowest BCUT2D eigenvalue weighted by atomic mass is 10.0. The number of piperidine rings is 1. The molecular formula is C13H18ClN3O2. The topological polar surface area (TPSA) is 58.4 Å². The first-order chi connectivity index (χ1) is 9.08. The Morgan fingerprint density at radius 3 is 2.74 bits per heavy atom. The fraction of sp³-hybridized carbons (Fsp3) is 0.538. The molecule has 0 aromatic heterocycles. The van der Waals surface area contributed by atoms with E-state index < -0.39 is 4.92 Å². The molecule has 1 aromatic carbocycles. The molecule has 0 spiro atoms. The Labute approximate surface area is 117 Å². The SMILES string of the molecule is CN(Cc1ccc([N+](=O)[O-])c(Cl)c1)C1CCNCC1. The second kappa shape index (κ2) is 6.32. The van der Waals surface area contributed by atoms with Gasteiger partial charge in [0.2, 0.25) is 0 Å². The summed E-state index contributed by atoms with van der Waals surface area (Å²) in [5.74, 6) is 0. The zero-order valence-corrected chi connectivity index (χ0v) is 11.7. The average molecular weight is 284 g/mol. The first-order valence-electron chi connectivity index (χ1n) is 6.41. The zero-order chi connectivity index (χ0) is 13.8. The highest BCUT2D eigenvalue weighted by molar-refractivity contribution is 6.32. The number of nitrogens with one attached hydrogen (secondary N) is 1. The highest BCUT2D eigenvalue weighted by Gasteiger charge is 2.19. The fourth-order valence-electron chi connectivity index (χ4n) is 2.46. The van der Waals surface area contributed by atoms with Crippen LogP contribution in [0.25, 0.3) is 0 Å². The molecule has 5 nitrogen and oxygen atoms in total. The van der Waals surface area contributed by atoms with Gasteiger partial charge < -0.3 is 5.32 Å². The first-order valence-corrected chi connectivity index (χ1v) is 6.79. The monoisotopic (exact) mass is 283 g/mol. The van der Waals surface area contributed by atoms with Crippen molar-refractivity contribution < 1.29 is 4.92 Å². The number of nitro benzene ring substituents is 1. The normalized spacial score (nSPS) is 16.8. The van der Waals surface area contributed by atoms with E-state index in [-0.39, 0.29) is 10.7 Å². The highest BCUT2D eigenvalue weighted by atomic mass is 35.5. The molecule has 1 N–H and O–H groups in total. The van der Waals surface area contributed by atoms with Crippen molar-refractivity contribution in [1.82, 2.24) is 10.2 Å². The molecule has 0 aliphatic carbocycles. The molecule has 2 rings (SSSR count). The lowest BCUT2D eigenvalue weighted by molar-refractivity contribution is -0.384. The van der Waals surface area contributed by atoms with Crippen molar-refractivity contribution in [3.63, 3.8) is 0 Å². The van der Waals surface area contributed by atoms with Gasteiger partial charge in [-0.1, -0.05) is 17.7 Å². The number of hydrogen-bond donors (Lipinski definition) is 1. The van der Waals surface area contributed by atoms with E-state index in [0.29, 0.717) is 6.04 Å². The number of benzene rings is 1. The van der Waals surface area contributed by atoms with Gasteiger partial charge >= 0.3 is 0 Å². The zero-order valence-electron chi connectivity index (χ0n) is 10.9. The van der Waals surface area contributed by atoms with Crippen LogP contribution in [0.5, 0.6) is 0 Å². The summed E-state index contributed by atoms with van der Waals surface area (Å²) in [6.07, 6.45) is 2.27. The third kappa shape index (κ3) is 3.65. The van der Waals surface area contributed by atoms with Crippen LogP contribution in [0.3, 0.4) is 0 Å². The predicted octanol–water partition coefficient (Wildman–Crippen LogP) is 2.43. The second-order valence-corrected chi connectivity index (χ2v) is 5.35. The van der Waals surface area contributed by atoms with Crippen LogP contribution in [0.4, 0.5) is 5.69 Å². The van der Waals surface area contributed by atoms with Crippen LogP contribution in [0.2, 0.25) is 5.02 Å². The van der Waals surface area contributed by atoms with Crippen LogP contribution >= 0.6 is 11.6 Å². The van der Waals surface area contributed by atoms with Gasteiger partial charge in [0.05, 0.1) is 4.92 Å². The van der Waals surface area contributed by atoms with Crippen molar-refractivity contribution in [1.29, 1.82) is 0 Å². The molecule has 19 heavy (non-hydrogen) atoms. The van der Waals surface area contributed by atoms with Gasteiger partial charge in [0.25, 0.3) is 5.69 Å². The van der Waals surface area contributed by atoms with Crippen molar-refractivity contribution in [2.45, 2.75) is 25.4 Å². The molecule has 1 heterocycles. The van der Waals surface area contributed by atoms with Gasteiger partial charge in [0.15, 0.2) is 0 Å². The van der Waals surface area contributed by atoms with E-state index in [2.05, 4.69) is 17.3 Å². The largest absolute Gasteiger partial charge is 0.317 e. The minimum absolute atomic E-state index is 0.0325. The van der Waals surface area contributed by atoms with Gasteiger partial charge in [-0.05, 0) is 44.6 Å². The van der Waals surface area contributed by atoms with Crippen LogP contribution < -0.4 is 5.32 Å². The highest BCUT2D eigenvalue weighted by Crippen LogP contribution is 2.26. The fourth-order valence-corrected chi connectivity index (χ4v) is 2.73. The molecule has 6 heteroatoms. The Balaban J connectivity index is 2.02. The summed E-state index contributed by atoms with van der Waals surface area (Å²) in [7, 11) is 2.09. The quantitative estimate of drug-likeness (QED) is 0.681. The van der Waals surface area contributed by atoms with Gasteiger partial charge in [0.1, 0.15) is 5.02 Å². The van der Waals surface area contributed by atoms with E-state index in [1.54, 1.807) is 12.1 Å². The number of nitro groups is 1. The number of rotatable bonds is 4. The molecule has 1 aliphatic rings. The molecular weight excluding hydrogens is 266 g/mol. The minimum atomic E-state index is -0.456. The second-order valence-electron chi connectivity index (χ2n) is 4.94. The van der Waals surface area contributed by atoms with Crippen LogP contribution in [-0.2, 0) is 6.54 Å². The molecule has 0 bridgehead atoms. The number of nitrogens with zero attached hydrogens (tertiary/aromatic N) is 2. The molecule has 1 fully saturated rings. The van der Waals surface area contributed by atoms with Crippen LogP contribution in [0.15, 0.2) is 18.2 Å². The Morgan fingerprint density at radius 1 is 1.47 bits per heavy atom. The van der Waals surface area contributed by atoms with Gasteiger partial charge in [-0.15, -0.1) is 0 Å². The van der Waals surface area contributed by atoms with Crippen LogP contribution in [0, 0.1) is 10.1 Å². The summed E-state index contributed by atoms with van der Waals surface area (Å²) in [6, 6.07) is 5.52. The van der Waals surface area contributed by atoms with Crippen molar-refractivity contribution in [3.05, 3.63) is 38.9 Å². The van der Waals surface area contributed by atoms with Crippen molar-refractivity contribution in [2.75, 3.05) is 20.1 Å². The smallest absolute Gasteiger partial charge is 0.287 e. The predicted molar refractivity (Wildman–Crippen MR) is 75.5 cm³/mol. The molecule has 0 unspecified atom stereocenters. The molecule has 0 radical (unpaired) electrons. The van der Waals surface area contributed by atoms with Crippen molar-refractivity contribution in [3.8, 4) is 0 Å². The number of hydrogen-bond acceptors (Lipinski definition) is 4. The van der Waals surface area contributed by atoms with E-state index in [9.17, 15) is 10.1 Å². The molecule has 104 valence electrons. The summed E-state index contributed by atoms with van der Waals surface area (Å²) in [5.41, 5.74) is 0.978. The summed E-state index contributed by atoms with van der Waals surface area (Å²) in [5, 5.41) is 14.3. The number of halogens is 1. The Hall–Kier alpha value is -1.17. The molecule has 1 aliphatic heterocycles. The van der Waals surface area contributed by atoms with E-state index >= 15 is 0 Å². The van der Waals surface area contributed by atoms with Crippen LogP contribution in [0.1, 0.15) is 18.4 Å². The molecule has 0 atom stereocenters. The lowest BCUT2D eigenvalue weighted by Crippen LogP contribution is -2.40. The first kappa shape index (κ1) is 14.2. The summed E-state index contributed by atoms with van der Waals surface area (Å²) < 4.78 is 0. The van der Waals surface area contributed by atoms with E-state index in [4.69, 9.17) is 11.6 Å². The van der Waals surface area contributed by atoms with Crippen molar-refractivity contribution >= 4 is 17.3 Å². The Morgan fingerprint density at radius 2 is 2.16 bits per heavy atom. The van der Waals surface area contributed by atoms with Gasteiger partial charge in [-0.2, -0.15) is 0 Å². The molecule has 1 saturated heterocycles. The maximum Gasteiger partial charge on any atom is 0.287 e. The Kier molecular flexibility index (Phi) is 4.74. The van der Waals surface area contributed by atoms with Crippen molar-refractivity contribution in [2.24, 2.45) is 0 Å². The molecule has 0 amide bonds. The maximum absolute atomic E-state index is 10.7. The Bertz CT molecular complexity index is 461. The maximum atomic E-state index is 10.7. The molecule has 0 saturated carbocycles. The van der Waals surface area contributed by atoms with Gasteiger partial charge in [-0.25, -0.2) is 0 Å². The standard InChI is InChI=1S/C13H18ClN3O2/c1-16(11-4-6-15-7-5-11)9-10-2-3-13(17(18)19)12(14)8-10/h2-3,8,11,15H,4-7,9H2,1H3. The van der Waals surface area contributed by atoms with E-state index in [0.717, 1.165) is 38.0 Å². The van der Waals surface area contributed by atoms with Crippen LogP contribution in [-0.4, -0.2) is 36.0 Å². The van der Waals surface area contributed by atoms with Gasteiger partial charge in [-0.3, -0.25) is 15.0 Å². The van der Waals surface area contributed by atoms with Gasteiger partial charge in [0, 0.05) is 18.7 Å². The average Bonchev–Trinajstić information content (AvgIpc) is 2.39. The summed E-state index contributed by atoms with van der Waals surface area (Å²) in [6.45, 7) is 2.87. The lowest BCUT2D eigenvalue weighted by Gasteiger charge is -2.31. The minimum Gasteiger partial charge on any atom is -0.317 e. The third-order valence-electron chi connectivity index (χ3n) is 3.57. The van der Waals surface area contributed by atoms with E-state index in [1.807, 2.05) is 0 Å². The molecule has 1 aromatic rings. The summed E-state index contributed by atoms with van der Waals surface area (Å²) in [4.78, 5) is 12.5. The summed E-state index contributed by atoms with van der Waals surface area (Å²) >= 11 is 5.92. The third-order valence-corrected chi connectivity index (χ3v) is 3.88.